The third-order valence-electron chi connectivity index (χ3n) is 6.59. The lowest BCUT2D eigenvalue weighted by Crippen LogP contribution is -2.40. The molecule has 1 unspecified atom stereocenters. The van der Waals surface area contributed by atoms with Crippen LogP contribution in [0.4, 0.5) is 0 Å². The van der Waals surface area contributed by atoms with Gasteiger partial charge in [-0.3, -0.25) is 9.59 Å². The minimum atomic E-state index is -0.443. The first-order valence-electron chi connectivity index (χ1n) is 11.7. The van der Waals surface area contributed by atoms with Crippen LogP contribution in [0, 0.1) is 12.3 Å². The number of aromatic nitrogens is 4. The molecule has 1 aromatic carbocycles. The standard InChI is InChI=1S/C26H27ClN6O2S/c1-14-21(25(35)28-11-17-12-33(32-31-17)18-7-5-16(27)6-8-18)23(24-15(2)29-13-36-24)22-19(30-14)9-26(3,4)10-20(22)34/h5-8,12-13,23,30H,9-11H2,1-4H3,(H,28,35). The molecule has 10 heteroatoms. The molecule has 2 aromatic heterocycles. The number of aryl methyl sites for hydroxylation is 1. The van der Waals surface area contributed by atoms with E-state index in [4.69, 9.17) is 11.6 Å². The molecule has 2 aliphatic rings. The second kappa shape index (κ2) is 9.29. The third kappa shape index (κ3) is 4.60. The highest BCUT2D eigenvalue weighted by atomic mass is 35.5. The van der Waals surface area contributed by atoms with Gasteiger partial charge in [-0.15, -0.1) is 16.4 Å². The lowest BCUT2D eigenvalue weighted by Gasteiger charge is -2.39. The number of halogens is 1. The number of amides is 1. The molecule has 1 aliphatic carbocycles. The third-order valence-corrected chi connectivity index (χ3v) is 7.84. The number of thiazole rings is 1. The summed E-state index contributed by atoms with van der Waals surface area (Å²) in [5.74, 6) is -0.611. The van der Waals surface area contributed by atoms with Crippen molar-refractivity contribution < 1.29 is 9.59 Å². The summed E-state index contributed by atoms with van der Waals surface area (Å²) in [5, 5.41) is 15.4. The first-order valence-corrected chi connectivity index (χ1v) is 13.0. The average molecular weight is 523 g/mol. The number of ketones is 1. The summed E-state index contributed by atoms with van der Waals surface area (Å²) in [6, 6.07) is 7.25. The lowest BCUT2D eigenvalue weighted by atomic mass is 9.69. The molecule has 8 nitrogen and oxygen atoms in total. The van der Waals surface area contributed by atoms with Crippen molar-refractivity contribution in [1.29, 1.82) is 0 Å². The fourth-order valence-electron chi connectivity index (χ4n) is 4.95. The minimum Gasteiger partial charge on any atom is -0.362 e. The number of nitrogens with zero attached hydrogens (tertiary/aromatic N) is 4. The number of dihydropyridines is 1. The highest BCUT2D eigenvalue weighted by Crippen LogP contribution is 2.47. The van der Waals surface area contributed by atoms with Crippen LogP contribution in [-0.2, 0) is 16.1 Å². The van der Waals surface area contributed by atoms with Gasteiger partial charge in [0.2, 0.25) is 5.91 Å². The van der Waals surface area contributed by atoms with E-state index >= 15 is 0 Å². The molecule has 0 saturated carbocycles. The van der Waals surface area contributed by atoms with Crippen LogP contribution in [0.1, 0.15) is 55.8 Å². The summed E-state index contributed by atoms with van der Waals surface area (Å²) in [4.78, 5) is 32.3. The van der Waals surface area contributed by atoms with Crippen LogP contribution in [-0.4, -0.2) is 31.7 Å². The van der Waals surface area contributed by atoms with Gasteiger partial charge in [0.1, 0.15) is 5.69 Å². The van der Waals surface area contributed by atoms with Gasteiger partial charge >= 0.3 is 0 Å². The highest BCUT2D eigenvalue weighted by molar-refractivity contribution is 7.10. The minimum absolute atomic E-state index is 0.0789. The van der Waals surface area contributed by atoms with Gasteiger partial charge in [-0.05, 0) is 49.9 Å². The molecule has 0 radical (unpaired) electrons. The number of allylic oxidation sites excluding steroid dienone is 3. The summed E-state index contributed by atoms with van der Waals surface area (Å²) in [6.07, 6.45) is 2.97. The topological polar surface area (TPSA) is 102 Å². The zero-order chi connectivity index (χ0) is 25.6. The number of nitrogens with one attached hydrogen (secondary N) is 2. The van der Waals surface area contributed by atoms with Gasteiger partial charge in [0.15, 0.2) is 5.78 Å². The van der Waals surface area contributed by atoms with Crippen LogP contribution in [0.2, 0.25) is 5.02 Å². The Kier molecular flexibility index (Phi) is 6.30. The first kappa shape index (κ1) is 24.4. The molecule has 186 valence electrons. The zero-order valence-corrected chi connectivity index (χ0v) is 22.1. The highest BCUT2D eigenvalue weighted by Gasteiger charge is 2.43. The summed E-state index contributed by atoms with van der Waals surface area (Å²) >= 11 is 7.45. The Labute approximate surface area is 218 Å². The molecule has 0 bridgehead atoms. The van der Waals surface area contributed by atoms with Crippen molar-refractivity contribution in [2.45, 2.75) is 53.0 Å². The molecular weight excluding hydrogens is 496 g/mol. The van der Waals surface area contributed by atoms with Gasteiger partial charge in [0, 0.05) is 38.9 Å². The Hall–Kier alpha value is -3.30. The van der Waals surface area contributed by atoms with Gasteiger partial charge in [-0.25, -0.2) is 9.67 Å². The summed E-state index contributed by atoms with van der Waals surface area (Å²) in [5.41, 5.74) is 6.79. The second-order valence-electron chi connectivity index (χ2n) is 10.0. The Morgan fingerprint density at radius 1 is 1.25 bits per heavy atom. The largest absolute Gasteiger partial charge is 0.362 e. The predicted octanol–water partition coefficient (Wildman–Crippen LogP) is 4.61. The van der Waals surface area contributed by atoms with Crippen LogP contribution in [0.3, 0.4) is 0 Å². The van der Waals surface area contributed by atoms with Crippen molar-refractivity contribution in [3.63, 3.8) is 0 Å². The number of carbonyl (C=O) groups excluding carboxylic acids is 2. The number of carbonyl (C=O) groups is 2. The Morgan fingerprint density at radius 3 is 2.69 bits per heavy atom. The molecule has 2 N–H and O–H groups in total. The molecule has 0 saturated heterocycles. The Balaban J connectivity index is 1.42. The average Bonchev–Trinajstić information content (AvgIpc) is 3.45. The maximum absolute atomic E-state index is 13.6. The van der Waals surface area contributed by atoms with Gasteiger partial charge in [-0.1, -0.05) is 30.7 Å². The molecule has 0 spiro atoms. The number of Topliss-reactive ketones (excluding diaryl/α,β-unsaturated/α-hetero) is 1. The zero-order valence-electron chi connectivity index (χ0n) is 20.6. The molecule has 36 heavy (non-hydrogen) atoms. The number of benzene rings is 1. The van der Waals surface area contributed by atoms with Crippen LogP contribution < -0.4 is 10.6 Å². The molecular formula is C26H27ClN6O2S. The lowest BCUT2D eigenvalue weighted by molar-refractivity contribution is -0.118. The number of hydrogen-bond acceptors (Lipinski definition) is 7. The van der Waals surface area contributed by atoms with Crippen molar-refractivity contribution in [2.24, 2.45) is 5.41 Å². The van der Waals surface area contributed by atoms with Crippen LogP contribution in [0.5, 0.6) is 0 Å². The van der Waals surface area contributed by atoms with E-state index in [1.54, 1.807) is 28.5 Å². The van der Waals surface area contributed by atoms with E-state index in [-0.39, 0.29) is 23.7 Å². The van der Waals surface area contributed by atoms with Crippen molar-refractivity contribution in [3.8, 4) is 5.69 Å². The first-order chi connectivity index (χ1) is 17.1. The molecule has 1 atom stereocenters. The second-order valence-corrected chi connectivity index (χ2v) is 11.4. The molecule has 5 rings (SSSR count). The maximum atomic E-state index is 13.6. The quantitative estimate of drug-likeness (QED) is 0.507. The van der Waals surface area contributed by atoms with Crippen molar-refractivity contribution in [1.82, 2.24) is 30.6 Å². The Morgan fingerprint density at radius 2 is 2.00 bits per heavy atom. The van der Waals surface area contributed by atoms with Crippen LogP contribution in [0.25, 0.3) is 5.69 Å². The predicted molar refractivity (Wildman–Crippen MR) is 139 cm³/mol. The van der Waals surface area contributed by atoms with Gasteiger partial charge in [0.05, 0.1) is 35.6 Å². The van der Waals surface area contributed by atoms with Gasteiger partial charge in [0.25, 0.3) is 0 Å². The summed E-state index contributed by atoms with van der Waals surface area (Å²) < 4.78 is 1.63. The molecule has 1 amide bonds. The van der Waals surface area contributed by atoms with Gasteiger partial charge in [-0.2, -0.15) is 0 Å². The fraction of sp³-hybridized carbons (Fsp3) is 0.346. The van der Waals surface area contributed by atoms with E-state index in [0.717, 1.165) is 34.1 Å². The van der Waals surface area contributed by atoms with Crippen LogP contribution >= 0.6 is 22.9 Å². The Bertz CT molecular complexity index is 1420. The smallest absolute Gasteiger partial charge is 0.250 e. The molecule has 1 aliphatic heterocycles. The van der Waals surface area contributed by atoms with E-state index in [1.165, 1.54) is 11.3 Å². The maximum Gasteiger partial charge on any atom is 0.250 e. The van der Waals surface area contributed by atoms with Crippen molar-refractivity contribution >= 4 is 34.6 Å². The van der Waals surface area contributed by atoms with Gasteiger partial charge < -0.3 is 10.6 Å². The van der Waals surface area contributed by atoms with Crippen LogP contribution in [0.15, 0.2) is 58.5 Å². The number of hydrogen-bond donors (Lipinski definition) is 2. The SMILES string of the molecule is CC1=C(C(=O)NCc2cn(-c3ccc(Cl)cc3)nn2)C(c2scnc2C)C2=C(CC(C)(C)CC2=O)N1. The van der Waals surface area contributed by atoms with E-state index in [2.05, 4.69) is 39.8 Å². The summed E-state index contributed by atoms with van der Waals surface area (Å²) in [6.45, 7) is 8.21. The van der Waals surface area contributed by atoms with Crippen molar-refractivity contribution in [2.75, 3.05) is 0 Å². The normalized spacial score (nSPS) is 19.2. The van der Waals surface area contributed by atoms with E-state index in [9.17, 15) is 9.59 Å². The van der Waals surface area contributed by atoms with E-state index in [1.807, 2.05) is 26.0 Å². The van der Waals surface area contributed by atoms with E-state index < -0.39 is 5.92 Å². The monoisotopic (exact) mass is 522 g/mol. The molecule has 0 fully saturated rings. The summed E-state index contributed by atoms with van der Waals surface area (Å²) in [7, 11) is 0. The number of rotatable bonds is 5. The van der Waals surface area contributed by atoms with E-state index in [0.29, 0.717) is 28.3 Å². The molecule has 3 aromatic rings. The molecule has 3 heterocycles. The van der Waals surface area contributed by atoms with Crippen molar-refractivity contribution in [3.05, 3.63) is 79.8 Å². The fourth-order valence-corrected chi connectivity index (χ4v) is 6.00.